The number of nitrogens with zero attached hydrogens (tertiary/aromatic N) is 2. The normalized spacial score (nSPS) is 18.4. The number of hydrogen-bond acceptors (Lipinski definition) is 3. The molecule has 1 N–H and O–H groups in total. The van der Waals surface area contributed by atoms with Gasteiger partial charge in [0.2, 0.25) is 5.91 Å². The fraction of sp³-hybridized carbons (Fsp3) is 0.467. The molecule has 0 aliphatic carbocycles. The third kappa shape index (κ3) is 3.23. The van der Waals surface area contributed by atoms with Gasteiger partial charge in [0.05, 0.1) is 16.5 Å². The van der Waals surface area contributed by atoms with Crippen molar-refractivity contribution in [2.45, 2.75) is 19.8 Å². The van der Waals surface area contributed by atoms with E-state index in [2.05, 4.69) is 16.3 Å². The van der Waals surface area contributed by atoms with Crippen LogP contribution >= 0.6 is 11.6 Å². The molecular weight excluding hydrogens is 274 g/mol. The van der Waals surface area contributed by atoms with E-state index in [9.17, 15) is 4.79 Å². The first kappa shape index (κ1) is 14.7. The van der Waals surface area contributed by atoms with Crippen LogP contribution in [0.1, 0.15) is 25.3 Å². The van der Waals surface area contributed by atoms with E-state index in [1.165, 1.54) is 0 Å². The van der Waals surface area contributed by atoms with Gasteiger partial charge in [0.15, 0.2) is 0 Å². The molecule has 1 aromatic rings. The summed E-state index contributed by atoms with van der Waals surface area (Å²) in [7, 11) is 0. The van der Waals surface area contributed by atoms with Crippen molar-refractivity contribution in [1.82, 2.24) is 5.32 Å². The molecule has 1 unspecified atom stereocenters. The minimum atomic E-state index is 0.0260. The number of amides is 1. The number of carbonyl (C=O) groups excluding carboxylic acids is 1. The molecule has 0 spiro atoms. The molecule has 1 aliphatic heterocycles. The minimum Gasteiger partial charge on any atom is -0.371 e. The predicted molar refractivity (Wildman–Crippen MR) is 79.8 cm³/mol. The van der Waals surface area contributed by atoms with Gasteiger partial charge in [-0.15, -0.1) is 0 Å². The summed E-state index contributed by atoms with van der Waals surface area (Å²) in [6.45, 7) is 4.21. The fourth-order valence-corrected chi connectivity index (χ4v) is 2.75. The van der Waals surface area contributed by atoms with Crippen molar-refractivity contribution >= 4 is 23.2 Å². The van der Waals surface area contributed by atoms with Crippen LogP contribution in [0.5, 0.6) is 0 Å². The number of anilines is 1. The Hall–Kier alpha value is -1.73. The summed E-state index contributed by atoms with van der Waals surface area (Å²) in [6, 6.07) is 7.48. The van der Waals surface area contributed by atoms with Crippen molar-refractivity contribution in [1.29, 1.82) is 5.26 Å². The first-order chi connectivity index (χ1) is 9.65. The average molecular weight is 292 g/mol. The number of carbonyl (C=O) groups is 1. The summed E-state index contributed by atoms with van der Waals surface area (Å²) in [5.74, 6) is 0.148. The molecule has 1 amide bonds. The van der Waals surface area contributed by atoms with Gasteiger partial charge in [0.1, 0.15) is 6.07 Å². The first-order valence-corrected chi connectivity index (χ1v) is 7.25. The Morgan fingerprint density at radius 1 is 1.60 bits per heavy atom. The Kier molecular flexibility index (Phi) is 4.86. The van der Waals surface area contributed by atoms with Gasteiger partial charge in [0.25, 0.3) is 0 Å². The van der Waals surface area contributed by atoms with Gasteiger partial charge in [-0.3, -0.25) is 4.79 Å². The molecule has 1 aliphatic rings. The van der Waals surface area contributed by atoms with Crippen LogP contribution in [0.3, 0.4) is 0 Å². The predicted octanol–water partition coefficient (Wildman–Crippen LogP) is 2.56. The number of halogens is 1. The molecule has 106 valence electrons. The number of piperidine rings is 1. The lowest BCUT2D eigenvalue weighted by atomic mass is 9.96. The zero-order valence-corrected chi connectivity index (χ0v) is 12.3. The second kappa shape index (κ2) is 6.62. The Morgan fingerprint density at radius 2 is 2.40 bits per heavy atom. The van der Waals surface area contributed by atoms with Crippen LogP contribution in [-0.2, 0) is 4.79 Å². The highest BCUT2D eigenvalue weighted by molar-refractivity contribution is 6.32. The number of hydrogen-bond donors (Lipinski definition) is 1. The lowest BCUT2D eigenvalue weighted by molar-refractivity contribution is -0.125. The minimum absolute atomic E-state index is 0.0260. The van der Waals surface area contributed by atoms with Crippen LogP contribution in [0.2, 0.25) is 5.02 Å². The van der Waals surface area contributed by atoms with Crippen molar-refractivity contribution in [3.8, 4) is 6.07 Å². The van der Waals surface area contributed by atoms with Crippen LogP contribution < -0.4 is 10.2 Å². The van der Waals surface area contributed by atoms with Gasteiger partial charge in [-0.2, -0.15) is 5.26 Å². The van der Waals surface area contributed by atoms with E-state index in [-0.39, 0.29) is 11.8 Å². The highest BCUT2D eigenvalue weighted by Gasteiger charge is 2.25. The molecule has 1 fully saturated rings. The van der Waals surface area contributed by atoms with E-state index >= 15 is 0 Å². The largest absolute Gasteiger partial charge is 0.371 e. The Bertz CT molecular complexity index is 538. The molecule has 20 heavy (non-hydrogen) atoms. The first-order valence-electron chi connectivity index (χ1n) is 6.88. The third-order valence-corrected chi connectivity index (χ3v) is 3.89. The van der Waals surface area contributed by atoms with Crippen molar-refractivity contribution in [2.75, 3.05) is 24.5 Å². The second-order valence-electron chi connectivity index (χ2n) is 4.96. The van der Waals surface area contributed by atoms with E-state index in [0.29, 0.717) is 23.7 Å². The number of benzene rings is 1. The summed E-state index contributed by atoms with van der Waals surface area (Å²) < 4.78 is 0. The topological polar surface area (TPSA) is 56.1 Å². The molecule has 0 radical (unpaired) electrons. The summed E-state index contributed by atoms with van der Waals surface area (Å²) in [4.78, 5) is 14.1. The van der Waals surface area contributed by atoms with E-state index in [4.69, 9.17) is 16.9 Å². The maximum Gasteiger partial charge on any atom is 0.224 e. The monoisotopic (exact) mass is 291 g/mol. The van der Waals surface area contributed by atoms with Crippen molar-refractivity contribution in [3.05, 3.63) is 28.8 Å². The summed E-state index contributed by atoms with van der Waals surface area (Å²) >= 11 is 6.07. The molecule has 5 heteroatoms. The van der Waals surface area contributed by atoms with Crippen molar-refractivity contribution in [3.63, 3.8) is 0 Å². The van der Waals surface area contributed by atoms with Crippen molar-refractivity contribution in [2.24, 2.45) is 5.92 Å². The molecule has 2 rings (SSSR count). The van der Waals surface area contributed by atoms with Crippen LogP contribution in [0.25, 0.3) is 0 Å². The standard InChI is InChI=1S/C15H18ClN3O/c1-2-18-15(20)12-4-3-7-19(10-12)13-6-5-11(9-17)14(16)8-13/h5-6,8,12H,2-4,7,10H2,1H3,(H,18,20). The lowest BCUT2D eigenvalue weighted by Crippen LogP contribution is -2.43. The van der Waals surface area contributed by atoms with Gasteiger partial charge in [-0.1, -0.05) is 11.6 Å². The Balaban J connectivity index is 2.11. The fourth-order valence-electron chi connectivity index (χ4n) is 2.54. The highest BCUT2D eigenvalue weighted by atomic mass is 35.5. The maximum atomic E-state index is 11.9. The van der Waals surface area contributed by atoms with Gasteiger partial charge in [-0.05, 0) is 38.0 Å². The molecule has 1 saturated heterocycles. The van der Waals surface area contributed by atoms with Gasteiger partial charge in [0, 0.05) is 25.3 Å². The number of nitrogens with one attached hydrogen (secondary N) is 1. The van der Waals surface area contributed by atoms with E-state index in [1.54, 1.807) is 12.1 Å². The van der Waals surface area contributed by atoms with E-state index in [0.717, 1.165) is 25.1 Å². The number of rotatable bonds is 3. The second-order valence-corrected chi connectivity index (χ2v) is 5.36. The zero-order chi connectivity index (χ0) is 14.5. The molecule has 0 saturated carbocycles. The van der Waals surface area contributed by atoms with E-state index < -0.39 is 0 Å². The third-order valence-electron chi connectivity index (χ3n) is 3.58. The summed E-state index contributed by atoms with van der Waals surface area (Å²) in [6.07, 6.45) is 1.91. The molecule has 1 heterocycles. The Labute approximate surface area is 124 Å². The highest BCUT2D eigenvalue weighted by Crippen LogP contribution is 2.27. The molecule has 1 aromatic carbocycles. The quantitative estimate of drug-likeness (QED) is 0.931. The van der Waals surface area contributed by atoms with Gasteiger partial charge in [-0.25, -0.2) is 0 Å². The van der Waals surface area contributed by atoms with Gasteiger partial charge >= 0.3 is 0 Å². The smallest absolute Gasteiger partial charge is 0.224 e. The van der Waals surface area contributed by atoms with E-state index in [1.807, 2.05) is 13.0 Å². The maximum absolute atomic E-state index is 11.9. The van der Waals surface area contributed by atoms with Crippen LogP contribution in [-0.4, -0.2) is 25.5 Å². The molecule has 1 atom stereocenters. The summed E-state index contributed by atoms with van der Waals surface area (Å²) in [5.41, 5.74) is 1.45. The van der Waals surface area contributed by atoms with Crippen LogP contribution in [0.15, 0.2) is 18.2 Å². The van der Waals surface area contributed by atoms with Crippen molar-refractivity contribution < 1.29 is 4.79 Å². The molecule has 4 nitrogen and oxygen atoms in total. The SMILES string of the molecule is CCNC(=O)C1CCCN(c2ccc(C#N)c(Cl)c2)C1. The van der Waals surface area contributed by atoms with Crippen LogP contribution in [0, 0.1) is 17.2 Å². The lowest BCUT2D eigenvalue weighted by Gasteiger charge is -2.33. The average Bonchev–Trinajstić information content (AvgIpc) is 2.47. The van der Waals surface area contributed by atoms with Gasteiger partial charge < -0.3 is 10.2 Å². The van der Waals surface area contributed by atoms with Crippen LogP contribution in [0.4, 0.5) is 5.69 Å². The zero-order valence-electron chi connectivity index (χ0n) is 11.5. The number of nitriles is 1. The Morgan fingerprint density at radius 3 is 3.05 bits per heavy atom. The molecule has 0 aromatic heterocycles. The molecule has 0 bridgehead atoms. The molecular formula is C15H18ClN3O. The summed E-state index contributed by atoms with van der Waals surface area (Å²) in [5, 5.41) is 12.2.